The highest BCUT2D eigenvalue weighted by atomic mass is 79.9. The lowest BCUT2D eigenvalue weighted by Gasteiger charge is -2.08. The third-order valence-corrected chi connectivity index (χ3v) is 2.95. The number of rotatable bonds is 8. The van der Waals surface area contributed by atoms with E-state index in [9.17, 15) is 0 Å². The second-order valence-corrected chi connectivity index (χ2v) is 4.83. The van der Waals surface area contributed by atoms with Crippen LogP contribution in [-0.4, -0.2) is 33.5 Å². The molecule has 0 fully saturated rings. The van der Waals surface area contributed by atoms with Gasteiger partial charge in [0.15, 0.2) is 0 Å². The van der Waals surface area contributed by atoms with Gasteiger partial charge in [0.1, 0.15) is 0 Å². The Morgan fingerprint density at radius 1 is 1.29 bits per heavy atom. The molecular formula is C12H17BrClNO2. The Morgan fingerprint density at radius 2 is 2.12 bits per heavy atom. The summed E-state index contributed by atoms with van der Waals surface area (Å²) in [5.41, 5.74) is 0.951. The second kappa shape index (κ2) is 8.75. The first-order valence-electron chi connectivity index (χ1n) is 5.49. The molecule has 96 valence electrons. The summed E-state index contributed by atoms with van der Waals surface area (Å²) >= 11 is 9.44. The zero-order valence-corrected chi connectivity index (χ0v) is 12.2. The van der Waals surface area contributed by atoms with Gasteiger partial charge in [-0.25, -0.2) is 0 Å². The summed E-state index contributed by atoms with van der Waals surface area (Å²) in [6.45, 7) is 2.86. The van der Waals surface area contributed by atoms with Crippen molar-refractivity contribution < 1.29 is 9.47 Å². The van der Waals surface area contributed by atoms with E-state index >= 15 is 0 Å². The van der Waals surface area contributed by atoms with Crippen LogP contribution in [0, 0.1) is 0 Å². The molecule has 0 saturated carbocycles. The number of anilines is 1. The molecule has 0 saturated heterocycles. The van der Waals surface area contributed by atoms with Crippen LogP contribution in [0.5, 0.6) is 0 Å². The molecule has 3 nitrogen and oxygen atoms in total. The van der Waals surface area contributed by atoms with Crippen LogP contribution in [0.15, 0.2) is 22.7 Å². The van der Waals surface area contributed by atoms with E-state index in [0.29, 0.717) is 13.2 Å². The van der Waals surface area contributed by atoms with Gasteiger partial charge in [-0.05, 0) is 24.6 Å². The van der Waals surface area contributed by atoms with Gasteiger partial charge in [-0.3, -0.25) is 0 Å². The van der Waals surface area contributed by atoms with Crippen LogP contribution >= 0.6 is 27.5 Å². The number of hydrogen-bond donors (Lipinski definition) is 1. The number of hydrogen-bond acceptors (Lipinski definition) is 3. The van der Waals surface area contributed by atoms with Crippen LogP contribution in [0.4, 0.5) is 5.69 Å². The zero-order chi connectivity index (χ0) is 12.5. The zero-order valence-electron chi connectivity index (χ0n) is 9.84. The molecule has 0 radical (unpaired) electrons. The minimum absolute atomic E-state index is 0.645. The minimum atomic E-state index is 0.645. The van der Waals surface area contributed by atoms with Gasteiger partial charge in [0, 0.05) is 24.7 Å². The number of methoxy groups -OCH3 is 1. The Kier molecular flexibility index (Phi) is 7.60. The van der Waals surface area contributed by atoms with Gasteiger partial charge < -0.3 is 14.8 Å². The van der Waals surface area contributed by atoms with Crippen LogP contribution in [0.2, 0.25) is 5.02 Å². The van der Waals surface area contributed by atoms with Gasteiger partial charge in [-0.1, -0.05) is 27.5 Å². The fourth-order valence-electron chi connectivity index (χ4n) is 1.27. The molecule has 1 N–H and O–H groups in total. The molecule has 0 atom stereocenters. The quantitative estimate of drug-likeness (QED) is 0.742. The van der Waals surface area contributed by atoms with Crippen molar-refractivity contribution in [1.82, 2.24) is 0 Å². The van der Waals surface area contributed by atoms with Crippen LogP contribution in [0.25, 0.3) is 0 Å². The molecule has 1 aromatic carbocycles. The molecule has 17 heavy (non-hydrogen) atoms. The lowest BCUT2D eigenvalue weighted by molar-refractivity contribution is 0.0705. The summed E-state index contributed by atoms with van der Waals surface area (Å²) < 4.78 is 11.2. The Hall–Kier alpha value is -0.290. The highest BCUT2D eigenvalue weighted by Gasteiger charge is 1.99. The largest absolute Gasteiger partial charge is 0.384 e. The van der Waals surface area contributed by atoms with E-state index in [0.717, 1.165) is 34.8 Å². The minimum Gasteiger partial charge on any atom is -0.384 e. The first-order chi connectivity index (χ1) is 8.24. The molecular weight excluding hydrogens is 305 g/mol. The van der Waals surface area contributed by atoms with Crippen molar-refractivity contribution in [2.75, 3.05) is 38.8 Å². The third kappa shape index (κ3) is 6.27. The van der Waals surface area contributed by atoms with E-state index in [1.807, 2.05) is 18.2 Å². The molecule has 0 spiro atoms. The summed E-state index contributed by atoms with van der Waals surface area (Å²) in [6, 6.07) is 5.79. The standard InChI is InChI=1S/C12H17BrClNO2/c1-16-7-8-17-6-2-5-15-12-4-3-10(13)9-11(12)14/h3-4,9,15H,2,5-8H2,1H3. The molecule has 0 amide bonds. The van der Waals surface area contributed by atoms with Crippen molar-refractivity contribution in [2.45, 2.75) is 6.42 Å². The molecule has 1 aromatic rings. The van der Waals surface area contributed by atoms with Crippen LogP contribution in [0.3, 0.4) is 0 Å². The summed E-state index contributed by atoms with van der Waals surface area (Å²) in [7, 11) is 1.67. The predicted molar refractivity (Wildman–Crippen MR) is 75.0 cm³/mol. The Bertz CT molecular complexity index is 336. The van der Waals surface area contributed by atoms with E-state index in [2.05, 4.69) is 21.2 Å². The average Bonchev–Trinajstić information content (AvgIpc) is 2.30. The molecule has 0 heterocycles. The van der Waals surface area contributed by atoms with E-state index in [1.54, 1.807) is 7.11 Å². The molecule has 1 rings (SSSR count). The Balaban J connectivity index is 2.14. The normalized spacial score (nSPS) is 10.5. The molecule has 0 aromatic heterocycles. The Labute approximate surface area is 116 Å². The SMILES string of the molecule is COCCOCCCNc1ccc(Br)cc1Cl. The predicted octanol–water partition coefficient (Wildman–Crippen LogP) is 3.57. The van der Waals surface area contributed by atoms with Crippen LogP contribution in [-0.2, 0) is 9.47 Å². The fraction of sp³-hybridized carbons (Fsp3) is 0.500. The summed E-state index contributed by atoms with van der Waals surface area (Å²) in [4.78, 5) is 0. The topological polar surface area (TPSA) is 30.5 Å². The van der Waals surface area contributed by atoms with E-state index in [1.165, 1.54) is 0 Å². The molecule has 5 heteroatoms. The van der Waals surface area contributed by atoms with Gasteiger partial charge >= 0.3 is 0 Å². The number of benzene rings is 1. The van der Waals surface area contributed by atoms with Crippen molar-refractivity contribution in [2.24, 2.45) is 0 Å². The Morgan fingerprint density at radius 3 is 2.82 bits per heavy atom. The van der Waals surface area contributed by atoms with Gasteiger partial charge in [0.25, 0.3) is 0 Å². The molecule has 0 aliphatic heterocycles. The van der Waals surface area contributed by atoms with Crippen molar-refractivity contribution in [3.8, 4) is 0 Å². The van der Waals surface area contributed by atoms with E-state index in [-0.39, 0.29) is 0 Å². The molecule has 0 aliphatic carbocycles. The molecule has 0 aliphatic rings. The first-order valence-corrected chi connectivity index (χ1v) is 6.66. The highest BCUT2D eigenvalue weighted by molar-refractivity contribution is 9.10. The van der Waals surface area contributed by atoms with Crippen molar-refractivity contribution in [3.63, 3.8) is 0 Å². The van der Waals surface area contributed by atoms with Crippen molar-refractivity contribution >= 4 is 33.2 Å². The van der Waals surface area contributed by atoms with Crippen molar-refractivity contribution in [1.29, 1.82) is 0 Å². The van der Waals surface area contributed by atoms with E-state index in [4.69, 9.17) is 21.1 Å². The fourth-order valence-corrected chi connectivity index (χ4v) is 2.01. The van der Waals surface area contributed by atoms with Crippen LogP contribution < -0.4 is 5.32 Å². The first kappa shape index (κ1) is 14.8. The van der Waals surface area contributed by atoms with Gasteiger partial charge in [0.2, 0.25) is 0 Å². The lowest BCUT2D eigenvalue weighted by Crippen LogP contribution is -2.08. The monoisotopic (exact) mass is 321 g/mol. The van der Waals surface area contributed by atoms with Gasteiger partial charge in [-0.15, -0.1) is 0 Å². The number of ether oxygens (including phenoxy) is 2. The average molecular weight is 323 g/mol. The number of halogens is 2. The smallest absolute Gasteiger partial charge is 0.0700 e. The summed E-state index contributed by atoms with van der Waals surface area (Å²) in [6.07, 6.45) is 0.941. The maximum absolute atomic E-state index is 6.07. The summed E-state index contributed by atoms with van der Waals surface area (Å²) in [5.74, 6) is 0. The molecule has 0 bridgehead atoms. The number of nitrogens with one attached hydrogen (secondary N) is 1. The second-order valence-electron chi connectivity index (χ2n) is 3.51. The van der Waals surface area contributed by atoms with Gasteiger partial charge in [-0.2, -0.15) is 0 Å². The van der Waals surface area contributed by atoms with Crippen molar-refractivity contribution in [3.05, 3.63) is 27.7 Å². The lowest BCUT2D eigenvalue weighted by atomic mass is 10.3. The summed E-state index contributed by atoms with van der Waals surface area (Å²) in [5, 5.41) is 3.99. The van der Waals surface area contributed by atoms with E-state index < -0.39 is 0 Å². The highest BCUT2D eigenvalue weighted by Crippen LogP contribution is 2.25. The van der Waals surface area contributed by atoms with Crippen LogP contribution in [0.1, 0.15) is 6.42 Å². The maximum Gasteiger partial charge on any atom is 0.0700 e. The van der Waals surface area contributed by atoms with Gasteiger partial charge in [0.05, 0.1) is 23.9 Å². The molecule has 0 unspecified atom stereocenters. The maximum atomic E-state index is 6.07. The third-order valence-electron chi connectivity index (χ3n) is 2.14.